The molecule has 0 unspecified atom stereocenters. The molecule has 0 radical (unpaired) electrons. The van der Waals surface area contributed by atoms with Gasteiger partial charge in [0.1, 0.15) is 0 Å². The monoisotopic (exact) mass is 242 g/mol. The van der Waals surface area contributed by atoms with E-state index in [-0.39, 0.29) is 0 Å². The van der Waals surface area contributed by atoms with Gasteiger partial charge < -0.3 is 14.8 Å². The van der Waals surface area contributed by atoms with E-state index in [1.54, 1.807) is 0 Å². The largest absolute Gasteiger partial charge is 0.342 e. The van der Waals surface area contributed by atoms with E-state index in [9.17, 15) is 0 Å². The number of aryl methyl sites for hydroxylation is 1. The van der Waals surface area contributed by atoms with Gasteiger partial charge in [0.05, 0.1) is 11.0 Å². The van der Waals surface area contributed by atoms with Crippen molar-refractivity contribution in [3.05, 3.63) is 24.3 Å². The van der Waals surface area contributed by atoms with Crippen molar-refractivity contribution in [3.8, 4) is 0 Å². The molecule has 4 nitrogen and oxygen atoms in total. The van der Waals surface area contributed by atoms with Gasteiger partial charge in [-0.05, 0) is 24.0 Å². The SMILES string of the molecule is Cn1c(N2C[C@H]3CNC[C@H]3C2)nc2ccccc21. The molecule has 1 aromatic heterocycles. The fourth-order valence-corrected chi connectivity index (χ4v) is 3.43. The maximum absolute atomic E-state index is 4.79. The second kappa shape index (κ2) is 3.72. The minimum Gasteiger partial charge on any atom is -0.342 e. The molecule has 0 amide bonds. The lowest BCUT2D eigenvalue weighted by atomic mass is 10.0. The summed E-state index contributed by atoms with van der Waals surface area (Å²) in [5.74, 6) is 2.75. The van der Waals surface area contributed by atoms with Crippen LogP contribution in [0.5, 0.6) is 0 Å². The van der Waals surface area contributed by atoms with Crippen LogP contribution in [0.3, 0.4) is 0 Å². The molecule has 0 saturated carbocycles. The second-order valence-electron chi connectivity index (χ2n) is 5.54. The first-order valence-corrected chi connectivity index (χ1v) is 6.70. The summed E-state index contributed by atoms with van der Waals surface area (Å²) in [4.78, 5) is 7.24. The second-order valence-corrected chi connectivity index (χ2v) is 5.54. The van der Waals surface area contributed by atoms with Crippen LogP contribution >= 0.6 is 0 Å². The molecule has 18 heavy (non-hydrogen) atoms. The smallest absolute Gasteiger partial charge is 0.206 e. The standard InChI is InChI=1S/C14H18N4/c1-17-13-5-3-2-4-12(13)16-14(17)18-8-10-6-15-7-11(10)9-18/h2-5,10-11,15H,6-9H2,1H3/t10-,11+. The highest BCUT2D eigenvalue weighted by atomic mass is 15.3. The molecule has 2 saturated heterocycles. The summed E-state index contributed by atoms with van der Waals surface area (Å²) >= 11 is 0. The fraction of sp³-hybridized carbons (Fsp3) is 0.500. The Kier molecular flexibility index (Phi) is 2.14. The van der Waals surface area contributed by atoms with Gasteiger partial charge in [-0.25, -0.2) is 4.98 Å². The molecule has 0 aliphatic carbocycles. The number of hydrogen-bond acceptors (Lipinski definition) is 3. The highest BCUT2D eigenvalue weighted by molar-refractivity contribution is 5.78. The highest BCUT2D eigenvalue weighted by Gasteiger charge is 2.37. The van der Waals surface area contributed by atoms with E-state index in [4.69, 9.17) is 4.98 Å². The summed E-state index contributed by atoms with van der Waals surface area (Å²) in [7, 11) is 2.12. The molecule has 1 N–H and O–H groups in total. The van der Waals surface area contributed by atoms with Crippen LogP contribution in [0.4, 0.5) is 5.95 Å². The number of fused-ring (bicyclic) bond motifs is 2. The van der Waals surface area contributed by atoms with E-state index in [1.807, 2.05) is 0 Å². The normalized spacial score (nSPS) is 27.1. The Morgan fingerprint density at radius 2 is 1.89 bits per heavy atom. The quantitative estimate of drug-likeness (QED) is 0.816. The number of rotatable bonds is 1. The predicted molar refractivity (Wildman–Crippen MR) is 72.8 cm³/mol. The Hall–Kier alpha value is -1.55. The molecule has 0 bridgehead atoms. The Morgan fingerprint density at radius 3 is 2.61 bits per heavy atom. The first-order valence-electron chi connectivity index (χ1n) is 6.70. The molecule has 1 aromatic carbocycles. The number of benzene rings is 1. The van der Waals surface area contributed by atoms with Gasteiger partial charge >= 0.3 is 0 Å². The van der Waals surface area contributed by atoms with Gasteiger partial charge in [-0.15, -0.1) is 0 Å². The van der Waals surface area contributed by atoms with E-state index >= 15 is 0 Å². The first-order chi connectivity index (χ1) is 8.83. The minimum atomic E-state index is 0.810. The summed E-state index contributed by atoms with van der Waals surface area (Å²) in [6.07, 6.45) is 0. The predicted octanol–water partition coefficient (Wildman–Crippen LogP) is 1.23. The number of nitrogens with zero attached hydrogens (tertiary/aromatic N) is 3. The van der Waals surface area contributed by atoms with Crippen molar-refractivity contribution < 1.29 is 0 Å². The Morgan fingerprint density at radius 1 is 1.17 bits per heavy atom. The highest BCUT2D eigenvalue weighted by Crippen LogP contribution is 2.31. The van der Waals surface area contributed by atoms with Crippen molar-refractivity contribution in [2.75, 3.05) is 31.1 Å². The average molecular weight is 242 g/mol. The van der Waals surface area contributed by atoms with Crippen molar-refractivity contribution >= 4 is 17.0 Å². The number of hydrogen-bond donors (Lipinski definition) is 1. The maximum atomic E-state index is 4.79. The lowest BCUT2D eigenvalue weighted by Crippen LogP contribution is -2.27. The van der Waals surface area contributed by atoms with Crippen LogP contribution < -0.4 is 10.2 Å². The Labute approximate surface area is 107 Å². The van der Waals surface area contributed by atoms with Gasteiger partial charge in [0, 0.05) is 33.2 Å². The van der Waals surface area contributed by atoms with Gasteiger partial charge in [-0.1, -0.05) is 12.1 Å². The zero-order valence-corrected chi connectivity index (χ0v) is 10.6. The van der Waals surface area contributed by atoms with Crippen molar-refractivity contribution in [2.45, 2.75) is 0 Å². The van der Waals surface area contributed by atoms with Crippen LogP contribution in [-0.4, -0.2) is 35.7 Å². The van der Waals surface area contributed by atoms with Gasteiger partial charge in [-0.2, -0.15) is 0 Å². The van der Waals surface area contributed by atoms with Crippen LogP contribution in [0, 0.1) is 11.8 Å². The zero-order valence-electron chi connectivity index (χ0n) is 10.6. The van der Waals surface area contributed by atoms with Crippen molar-refractivity contribution in [1.82, 2.24) is 14.9 Å². The number of nitrogens with one attached hydrogen (secondary N) is 1. The summed E-state index contributed by atoms with van der Waals surface area (Å²) in [5, 5.41) is 3.48. The molecule has 3 heterocycles. The number of anilines is 1. The number of para-hydroxylation sites is 2. The lowest BCUT2D eigenvalue weighted by Gasteiger charge is -2.18. The Bertz CT molecular complexity index is 576. The van der Waals surface area contributed by atoms with E-state index < -0.39 is 0 Å². The van der Waals surface area contributed by atoms with Crippen molar-refractivity contribution in [2.24, 2.45) is 18.9 Å². The Balaban J connectivity index is 1.73. The molecule has 2 aliphatic heterocycles. The molecular formula is C14H18N4. The van der Waals surface area contributed by atoms with Crippen LogP contribution in [0.15, 0.2) is 24.3 Å². The summed E-state index contributed by atoms with van der Waals surface area (Å²) in [6.45, 7) is 4.64. The molecule has 2 aliphatic rings. The first kappa shape index (κ1) is 10.4. The zero-order chi connectivity index (χ0) is 12.1. The molecule has 94 valence electrons. The minimum absolute atomic E-state index is 0.810. The van der Waals surface area contributed by atoms with E-state index in [1.165, 1.54) is 18.6 Å². The molecule has 2 atom stereocenters. The summed E-state index contributed by atoms with van der Waals surface area (Å²) in [6, 6.07) is 8.37. The van der Waals surface area contributed by atoms with Crippen LogP contribution in [0.2, 0.25) is 0 Å². The van der Waals surface area contributed by atoms with Crippen molar-refractivity contribution in [1.29, 1.82) is 0 Å². The third kappa shape index (κ3) is 1.38. The molecule has 2 aromatic rings. The third-order valence-corrected chi connectivity index (χ3v) is 4.44. The lowest BCUT2D eigenvalue weighted by molar-refractivity contribution is 0.533. The summed E-state index contributed by atoms with van der Waals surface area (Å²) in [5.41, 5.74) is 2.33. The topological polar surface area (TPSA) is 33.1 Å². The maximum Gasteiger partial charge on any atom is 0.206 e. The fourth-order valence-electron chi connectivity index (χ4n) is 3.43. The van der Waals surface area contributed by atoms with Crippen LogP contribution in [-0.2, 0) is 7.05 Å². The van der Waals surface area contributed by atoms with E-state index in [0.29, 0.717) is 0 Å². The van der Waals surface area contributed by atoms with Gasteiger partial charge in [0.25, 0.3) is 0 Å². The number of aromatic nitrogens is 2. The molecule has 2 fully saturated rings. The van der Waals surface area contributed by atoms with E-state index in [2.05, 4.69) is 46.1 Å². The van der Waals surface area contributed by atoms with Crippen LogP contribution in [0.25, 0.3) is 11.0 Å². The van der Waals surface area contributed by atoms with Crippen LogP contribution in [0.1, 0.15) is 0 Å². The number of imidazole rings is 1. The summed E-state index contributed by atoms with van der Waals surface area (Å²) < 4.78 is 2.23. The van der Waals surface area contributed by atoms with Gasteiger partial charge in [0.15, 0.2) is 0 Å². The third-order valence-electron chi connectivity index (χ3n) is 4.44. The molecule has 4 rings (SSSR count). The van der Waals surface area contributed by atoms with Gasteiger partial charge in [-0.3, -0.25) is 0 Å². The molecular weight excluding hydrogens is 224 g/mol. The average Bonchev–Trinajstić information content (AvgIpc) is 3.02. The van der Waals surface area contributed by atoms with Gasteiger partial charge in [0.2, 0.25) is 5.95 Å². The van der Waals surface area contributed by atoms with Crippen molar-refractivity contribution in [3.63, 3.8) is 0 Å². The molecule has 4 heteroatoms. The molecule has 0 spiro atoms. The van der Waals surface area contributed by atoms with E-state index in [0.717, 1.165) is 36.4 Å².